The normalized spacial score (nSPS) is 10.8. The van der Waals surface area contributed by atoms with E-state index in [1.807, 2.05) is 5.32 Å². The lowest BCUT2D eigenvalue weighted by Crippen LogP contribution is -2.31. The van der Waals surface area contributed by atoms with Gasteiger partial charge in [-0.2, -0.15) is 17.6 Å². The second kappa shape index (κ2) is 8.08. The molecule has 0 unspecified atom stereocenters. The molecule has 2 amide bonds. The number of benzene rings is 1. The number of nitro groups is 1. The van der Waals surface area contributed by atoms with Crippen LogP contribution < -0.4 is 10.6 Å². The van der Waals surface area contributed by atoms with Gasteiger partial charge < -0.3 is 15.4 Å². The molecule has 8 nitrogen and oxygen atoms in total. The number of alkyl carbamates (subject to hydrolysis) is 1. The van der Waals surface area contributed by atoms with Crippen LogP contribution in [0.2, 0.25) is 0 Å². The molecule has 0 aliphatic heterocycles. The summed E-state index contributed by atoms with van der Waals surface area (Å²) in [4.78, 5) is 32.0. The predicted octanol–water partition coefficient (Wildman–Crippen LogP) is 2.35. The van der Waals surface area contributed by atoms with Crippen LogP contribution in [0.3, 0.4) is 0 Å². The Labute approximate surface area is 131 Å². The lowest BCUT2D eigenvalue weighted by molar-refractivity contribution is -0.387. The Morgan fingerprint density at radius 1 is 1.29 bits per heavy atom. The van der Waals surface area contributed by atoms with Crippen molar-refractivity contribution < 1.29 is 36.8 Å². The van der Waals surface area contributed by atoms with E-state index in [2.05, 4.69) is 10.1 Å². The zero-order chi connectivity index (χ0) is 18.3. The number of carbonyl (C=O) groups excluding carboxylic acids is 2. The highest BCUT2D eigenvalue weighted by Crippen LogP contribution is 2.21. The molecule has 0 spiro atoms. The summed E-state index contributed by atoms with van der Waals surface area (Å²) in [5, 5.41) is 14.7. The number of carbonyl (C=O) groups is 2. The fraction of sp³-hybridized carbons (Fsp3) is 0.333. The number of nitrogens with zero attached hydrogens (tertiary/aromatic N) is 1. The van der Waals surface area contributed by atoms with Gasteiger partial charge in [-0.3, -0.25) is 14.9 Å². The van der Waals surface area contributed by atoms with Gasteiger partial charge >= 0.3 is 18.0 Å². The number of hydrogen-bond acceptors (Lipinski definition) is 5. The van der Waals surface area contributed by atoms with E-state index in [9.17, 15) is 37.3 Å². The van der Waals surface area contributed by atoms with E-state index >= 15 is 0 Å². The van der Waals surface area contributed by atoms with Crippen LogP contribution in [-0.4, -0.2) is 36.3 Å². The molecule has 0 atom stereocenters. The van der Waals surface area contributed by atoms with E-state index in [-0.39, 0.29) is 18.7 Å². The van der Waals surface area contributed by atoms with Gasteiger partial charge in [0.15, 0.2) is 6.61 Å². The Morgan fingerprint density at radius 2 is 1.96 bits per heavy atom. The monoisotopic (exact) mass is 353 g/mol. The number of anilines is 1. The molecule has 0 radical (unpaired) electrons. The predicted molar refractivity (Wildman–Crippen MR) is 71.7 cm³/mol. The fourth-order valence-corrected chi connectivity index (χ4v) is 1.43. The first-order valence-electron chi connectivity index (χ1n) is 6.29. The number of nitrogens with one attached hydrogen (secondary N) is 2. The van der Waals surface area contributed by atoms with E-state index in [1.54, 1.807) is 0 Å². The number of amides is 2. The highest BCUT2D eigenvalue weighted by atomic mass is 19.4. The van der Waals surface area contributed by atoms with Crippen molar-refractivity contribution in [3.8, 4) is 0 Å². The van der Waals surface area contributed by atoms with E-state index < -0.39 is 41.2 Å². The Kier molecular flexibility index (Phi) is 6.44. The second-order valence-electron chi connectivity index (χ2n) is 4.34. The van der Waals surface area contributed by atoms with Crippen LogP contribution in [0.1, 0.15) is 6.42 Å². The SMILES string of the molecule is O=C(CCNC(=O)OCC(F)(F)F)Nc1ccc(F)c([N+](=O)[O-])c1. The third-order valence-electron chi connectivity index (χ3n) is 2.41. The summed E-state index contributed by atoms with van der Waals surface area (Å²) in [5.41, 5.74) is -0.880. The van der Waals surface area contributed by atoms with Gasteiger partial charge in [0.2, 0.25) is 11.7 Å². The maximum absolute atomic E-state index is 13.1. The summed E-state index contributed by atoms with van der Waals surface area (Å²) >= 11 is 0. The molecule has 0 aliphatic rings. The summed E-state index contributed by atoms with van der Waals surface area (Å²) < 4.78 is 52.3. The molecule has 24 heavy (non-hydrogen) atoms. The molecular formula is C12H11F4N3O5. The summed E-state index contributed by atoms with van der Waals surface area (Å²) in [7, 11) is 0. The minimum atomic E-state index is -4.66. The third kappa shape index (κ3) is 6.89. The van der Waals surface area contributed by atoms with E-state index in [1.165, 1.54) is 0 Å². The van der Waals surface area contributed by atoms with Crippen molar-refractivity contribution in [3.05, 3.63) is 34.1 Å². The quantitative estimate of drug-likeness (QED) is 0.463. The topological polar surface area (TPSA) is 111 Å². The van der Waals surface area contributed by atoms with Gasteiger partial charge in [-0.15, -0.1) is 0 Å². The van der Waals surface area contributed by atoms with Gasteiger partial charge in [0.1, 0.15) is 0 Å². The average molecular weight is 353 g/mol. The third-order valence-corrected chi connectivity index (χ3v) is 2.41. The molecule has 0 saturated carbocycles. The van der Waals surface area contributed by atoms with E-state index in [0.29, 0.717) is 0 Å². The van der Waals surface area contributed by atoms with E-state index in [0.717, 1.165) is 18.2 Å². The molecule has 0 fully saturated rings. The van der Waals surface area contributed by atoms with Crippen LogP contribution in [-0.2, 0) is 9.53 Å². The Bertz CT molecular complexity index is 636. The highest BCUT2D eigenvalue weighted by molar-refractivity contribution is 5.91. The van der Waals surface area contributed by atoms with Crippen molar-refractivity contribution in [2.75, 3.05) is 18.5 Å². The number of nitro benzene ring substituents is 1. The molecule has 1 aromatic rings. The van der Waals surface area contributed by atoms with Crippen molar-refractivity contribution >= 4 is 23.4 Å². The standard InChI is InChI=1S/C12H11F4N3O5/c13-8-2-1-7(5-9(8)19(22)23)18-10(20)3-4-17-11(21)24-6-12(14,15)16/h1-2,5H,3-4,6H2,(H,17,21)(H,18,20). The molecule has 0 saturated heterocycles. The molecule has 2 N–H and O–H groups in total. The largest absolute Gasteiger partial charge is 0.440 e. The molecule has 0 bridgehead atoms. The smallest absolute Gasteiger partial charge is 0.422 e. The average Bonchev–Trinajstić information content (AvgIpc) is 2.46. The molecule has 0 heterocycles. The minimum absolute atomic E-state index is 0.0484. The van der Waals surface area contributed by atoms with Crippen molar-refractivity contribution in [1.29, 1.82) is 0 Å². The van der Waals surface area contributed by atoms with Crippen molar-refractivity contribution in [3.63, 3.8) is 0 Å². The first-order chi connectivity index (χ1) is 11.1. The number of halogens is 4. The van der Waals surface area contributed by atoms with Gasteiger partial charge in [-0.25, -0.2) is 4.79 Å². The van der Waals surface area contributed by atoms with E-state index in [4.69, 9.17) is 0 Å². The molecular weight excluding hydrogens is 342 g/mol. The maximum Gasteiger partial charge on any atom is 0.422 e. The van der Waals surface area contributed by atoms with Crippen LogP contribution in [0.4, 0.5) is 33.7 Å². The Morgan fingerprint density at radius 3 is 2.54 bits per heavy atom. The highest BCUT2D eigenvalue weighted by Gasteiger charge is 2.29. The van der Waals surface area contributed by atoms with Crippen LogP contribution >= 0.6 is 0 Å². The fourth-order valence-electron chi connectivity index (χ4n) is 1.43. The lowest BCUT2D eigenvalue weighted by atomic mass is 10.2. The van der Waals surface area contributed by atoms with Crippen molar-refractivity contribution in [2.24, 2.45) is 0 Å². The minimum Gasteiger partial charge on any atom is -0.440 e. The summed E-state index contributed by atoms with van der Waals surface area (Å²) in [5.74, 6) is -1.78. The zero-order valence-corrected chi connectivity index (χ0v) is 11.9. The number of alkyl halides is 3. The van der Waals surface area contributed by atoms with Crippen molar-refractivity contribution in [2.45, 2.75) is 12.6 Å². The van der Waals surface area contributed by atoms with Crippen LogP contribution in [0.25, 0.3) is 0 Å². The summed E-state index contributed by atoms with van der Waals surface area (Å²) in [6, 6.07) is 2.68. The zero-order valence-electron chi connectivity index (χ0n) is 11.9. The second-order valence-corrected chi connectivity index (χ2v) is 4.34. The van der Waals surface area contributed by atoms with Gasteiger partial charge in [-0.1, -0.05) is 0 Å². The van der Waals surface area contributed by atoms with Gasteiger partial charge in [0.05, 0.1) is 4.92 Å². The maximum atomic E-state index is 13.1. The molecule has 1 rings (SSSR count). The number of rotatable bonds is 6. The summed E-state index contributed by atoms with van der Waals surface area (Å²) in [6.45, 7) is -2.09. The molecule has 0 aromatic heterocycles. The number of ether oxygens (including phenoxy) is 1. The lowest BCUT2D eigenvalue weighted by Gasteiger charge is -2.09. The first-order valence-corrected chi connectivity index (χ1v) is 6.29. The number of hydrogen-bond donors (Lipinski definition) is 2. The van der Waals surface area contributed by atoms with Crippen molar-refractivity contribution in [1.82, 2.24) is 5.32 Å². The molecule has 12 heteroatoms. The van der Waals surface area contributed by atoms with Gasteiger partial charge in [-0.05, 0) is 12.1 Å². The van der Waals surface area contributed by atoms with Crippen LogP contribution in [0.5, 0.6) is 0 Å². The first kappa shape index (κ1) is 19.1. The molecule has 132 valence electrons. The molecule has 0 aliphatic carbocycles. The van der Waals surface area contributed by atoms with Gasteiger partial charge in [0.25, 0.3) is 0 Å². The molecule has 1 aromatic carbocycles. The Balaban J connectivity index is 2.41. The van der Waals surface area contributed by atoms with Crippen LogP contribution in [0.15, 0.2) is 18.2 Å². The van der Waals surface area contributed by atoms with Crippen LogP contribution in [0, 0.1) is 15.9 Å². The van der Waals surface area contributed by atoms with Gasteiger partial charge in [0, 0.05) is 24.7 Å². The summed E-state index contributed by atoms with van der Waals surface area (Å²) in [6.07, 6.45) is -6.35. The Hall–Kier alpha value is -2.92.